The van der Waals surface area contributed by atoms with Gasteiger partial charge in [-0.15, -0.1) is 0 Å². The average molecular weight is 582 g/mol. The van der Waals surface area contributed by atoms with Crippen molar-refractivity contribution in [1.82, 2.24) is 0 Å². The molecular weight excluding hydrogens is 561 g/mol. The molecule has 0 saturated heterocycles. The normalized spacial score (nSPS) is 56.2. The quantitative estimate of drug-likeness (QED) is 0.331. The molecule has 0 bridgehead atoms. The van der Waals surface area contributed by atoms with Crippen LogP contribution in [0.2, 0.25) is 0 Å². The van der Waals surface area contributed by atoms with Crippen molar-refractivity contribution in [2.24, 2.45) is 17.8 Å². The molecule has 4 rings (SSSR count). The highest BCUT2D eigenvalue weighted by Gasteiger charge is 2.60. The van der Waals surface area contributed by atoms with Crippen LogP contribution in [0.1, 0.15) is 6.42 Å². The van der Waals surface area contributed by atoms with Crippen molar-refractivity contribution in [3.63, 3.8) is 0 Å². The van der Waals surface area contributed by atoms with Gasteiger partial charge in [-0.05, 0) is 12.0 Å². The number of hydrogen-bond donors (Lipinski definition) is 0. The number of hydrogen-bond acceptors (Lipinski definition) is 0. The lowest BCUT2D eigenvalue weighted by atomic mass is 9.71. The molecular formula is C23H21F15. The molecule has 0 aromatic rings. The summed E-state index contributed by atoms with van der Waals surface area (Å²) in [6, 6.07) is 0. The third-order valence-electron chi connectivity index (χ3n) is 8.00. The predicted octanol–water partition coefficient (Wildman–Crippen LogP) is 6.57. The van der Waals surface area contributed by atoms with E-state index in [4.69, 9.17) is 0 Å². The molecule has 3 fully saturated rings. The maximum Gasteiger partial charge on any atom is 0.168 e. The molecule has 15 heteroatoms. The van der Waals surface area contributed by atoms with Gasteiger partial charge in [0.15, 0.2) is 55.5 Å². The largest absolute Gasteiger partial charge is 0.243 e. The van der Waals surface area contributed by atoms with Gasteiger partial charge in [0.1, 0.15) is 37.0 Å². The van der Waals surface area contributed by atoms with Crippen LogP contribution in [0.15, 0.2) is 22.8 Å². The Morgan fingerprint density at radius 2 is 0.605 bits per heavy atom. The van der Waals surface area contributed by atoms with Crippen molar-refractivity contribution in [1.29, 1.82) is 0 Å². The maximum atomic E-state index is 14.8. The van der Waals surface area contributed by atoms with Gasteiger partial charge >= 0.3 is 0 Å². The van der Waals surface area contributed by atoms with Crippen LogP contribution in [-0.4, -0.2) is 92.6 Å². The Morgan fingerprint density at radius 1 is 0.342 bits per heavy atom. The number of halogens is 15. The van der Waals surface area contributed by atoms with Crippen LogP contribution < -0.4 is 0 Å². The second kappa shape index (κ2) is 10.4. The molecule has 12 atom stereocenters. The third kappa shape index (κ3) is 4.32. The first-order valence-corrected chi connectivity index (χ1v) is 11.7. The van der Waals surface area contributed by atoms with Crippen molar-refractivity contribution >= 4 is 0 Å². The van der Waals surface area contributed by atoms with E-state index in [0.29, 0.717) is 6.08 Å². The van der Waals surface area contributed by atoms with Crippen LogP contribution in [0.3, 0.4) is 0 Å². The van der Waals surface area contributed by atoms with E-state index in [1.54, 1.807) is 0 Å². The Kier molecular flexibility index (Phi) is 8.08. The first-order chi connectivity index (χ1) is 17.6. The highest BCUT2D eigenvalue weighted by atomic mass is 19.2. The second-order valence-electron chi connectivity index (χ2n) is 10.1. The van der Waals surface area contributed by atoms with E-state index in [-0.39, 0.29) is 0 Å². The molecule has 12 unspecified atom stereocenters. The monoisotopic (exact) mass is 582 g/mol. The van der Waals surface area contributed by atoms with Crippen LogP contribution in [-0.2, 0) is 0 Å². The first kappa shape index (κ1) is 29.4. The minimum atomic E-state index is -3.37. The molecule has 0 aromatic heterocycles. The highest BCUT2D eigenvalue weighted by Crippen LogP contribution is 2.52. The Bertz CT molecular complexity index is 894. The third-order valence-corrected chi connectivity index (χ3v) is 8.00. The van der Waals surface area contributed by atoms with E-state index in [1.165, 1.54) is 0 Å². The summed E-state index contributed by atoms with van der Waals surface area (Å²) < 4.78 is 214. The molecule has 0 heterocycles. The van der Waals surface area contributed by atoms with E-state index < -0.39 is 133 Å². The summed E-state index contributed by atoms with van der Waals surface area (Å²) in [5.41, 5.74) is -3.18. The fourth-order valence-electron chi connectivity index (χ4n) is 5.93. The molecule has 218 valence electrons. The number of alkyl halides is 15. The summed E-state index contributed by atoms with van der Waals surface area (Å²) in [7, 11) is 0. The van der Waals surface area contributed by atoms with Crippen molar-refractivity contribution in [2.75, 3.05) is 0 Å². The molecule has 4 aliphatic carbocycles. The van der Waals surface area contributed by atoms with E-state index in [0.717, 1.165) is 0 Å². The van der Waals surface area contributed by atoms with Gasteiger partial charge in [-0.25, -0.2) is 65.9 Å². The Morgan fingerprint density at radius 3 is 0.947 bits per heavy atom. The summed E-state index contributed by atoms with van der Waals surface area (Å²) in [4.78, 5) is 0. The van der Waals surface area contributed by atoms with Crippen molar-refractivity contribution in [3.8, 4) is 0 Å². The van der Waals surface area contributed by atoms with Crippen molar-refractivity contribution in [3.05, 3.63) is 22.8 Å². The van der Waals surface area contributed by atoms with Crippen molar-refractivity contribution in [2.45, 2.75) is 99.0 Å². The summed E-state index contributed by atoms with van der Waals surface area (Å²) >= 11 is 0. The molecule has 4 aliphatic rings. The number of allylic oxidation sites excluding steroid dienone is 4. The zero-order valence-electron chi connectivity index (χ0n) is 18.8. The fourth-order valence-corrected chi connectivity index (χ4v) is 5.93. The summed E-state index contributed by atoms with van der Waals surface area (Å²) in [6.45, 7) is 0. The Balaban J connectivity index is 1.83. The molecule has 0 aliphatic heterocycles. The minimum Gasteiger partial charge on any atom is -0.243 e. The van der Waals surface area contributed by atoms with E-state index in [9.17, 15) is 65.9 Å². The van der Waals surface area contributed by atoms with Gasteiger partial charge in [0, 0.05) is 11.8 Å². The van der Waals surface area contributed by atoms with Crippen LogP contribution in [0.25, 0.3) is 0 Å². The smallest absolute Gasteiger partial charge is 0.168 e. The molecule has 0 nitrogen and oxygen atoms in total. The van der Waals surface area contributed by atoms with Crippen LogP contribution in [0.5, 0.6) is 0 Å². The van der Waals surface area contributed by atoms with Gasteiger partial charge < -0.3 is 0 Å². The zero-order valence-corrected chi connectivity index (χ0v) is 18.8. The molecule has 0 aromatic carbocycles. The highest BCUT2D eigenvalue weighted by molar-refractivity contribution is 5.47. The lowest BCUT2D eigenvalue weighted by Crippen LogP contribution is -2.55. The van der Waals surface area contributed by atoms with Gasteiger partial charge in [-0.2, -0.15) is 0 Å². The van der Waals surface area contributed by atoms with Gasteiger partial charge in [0.05, 0.1) is 5.92 Å². The molecule has 0 spiro atoms. The lowest BCUT2D eigenvalue weighted by Gasteiger charge is -2.40. The lowest BCUT2D eigenvalue weighted by molar-refractivity contribution is -0.0839. The van der Waals surface area contributed by atoms with Gasteiger partial charge in [0.2, 0.25) is 0 Å². The Labute approximate surface area is 206 Å². The van der Waals surface area contributed by atoms with E-state index in [2.05, 4.69) is 0 Å². The first-order valence-electron chi connectivity index (χ1n) is 11.7. The molecule has 3 saturated carbocycles. The molecule has 0 radical (unpaired) electrons. The van der Waals surface area contributed by atoms with E-state index >= 15 is 0 Å². The predicted molar refractivity (Wildman–Crippen MR) is 104 cm³/mol. The second-order valence-corrected chi connectivity index (χ2v) is 10.1. The molecule has 0 amide bonds. The topological polar surface area (TPSA) is 0 Å². The van der Waals surface area contributed by atoms with Crippen molar-refractivity contribution < 1.29 is 65.9 Å². The minimum absolute atomic E-state index is 0.320. The molecule has 0 N–H and O–H groups in total. The van der Waals surface area contributed by atoms with E-state index in [1.807, 2.05) is 0 Å². The maximum absolute atomic E-state index is 14.8. The SMILES string of the molecule is FC1C(F)C(F)C(C2=CC(C3C(F)C(F)C(F)C(F)C3F)=C(C3C(F)C(F)C(F)C(F)C3F)C2)C(F)C1F. The fraction of sp³-hybridized carbons (Fsp3) is 0.826. The van der Waals surface area contributed by atoms with Gasteiger partial charge in [0.25, 0.3) is 0 Å². The summed E-state index contributed by atoms with van der Waals surface area (Å²) in [5.74, 6) is -8.13. The standard InChI is InChI=1S/C23H21F15/c24-9-6(10(25)16(31)21(36)15(9)30)3-1-4(7-11(26)17(32)22(37)18(33)12(7)27)5(2-3)8-13(28)19(34)23(38)20(35)14(8)29/h1,6-23H,2H2. The number of rotatable bonds is 3. The summed E-state index contributed by atoms with van der Waals surface area (Å²) in [5, 5.41) is 0. The van der Waals surface area contributed by atoms with Crippen LogP contribution in [0, 0.1) is 17.8 Å². The van der Waals surface area contributed by atoms with Gasteiger partial charge in [-0.1, -0.05) is 17.2 Å². The van der Waals surface area contributed by atoms with Crippen LogP contribution in [0.4, 0.5) is 65.9 Å². The summed E-state index contributed by atoms with van der Waals surface area (Å²) in [6.07, 6.45) is -50.4. The van der Waals surface area contributed by atoms with Gasteiger partial charge in [-0.3, -0.25) is 0 Å². The Hall–Kier alpha value is -1.57. The van der Waals surface area contributed by atoms with Crippen LogP contribution >= 0.6 is 0 Å². The zero-order chi connectivity index (χ0) is 28.5. The molecule has 38 heavy (non-hydrogen) atoms. The average Bonchev–Trinajstić information content (AvgIpc) is 3.30.